The molecule has 0 N–H and O–H groups in total. The number of ether oxygens (including phenoxy) is 2. The number of nitrogens with zero attached hydrogens (tertiary/aromatic N) is 2. The summed E-state index contributed by atoms with van der Waals surface area (Å²) in [5.41, 5.74) is -1.90. The molecule has 2 aromatic heterocycles. The first-order valence-electron chi connectivity index (χ1n) is 12.1. The fraction of sp³-hybridized carbons (Fsp3) is 0.138. The summed E-state index contributed by atoms with van der Waals surface area (Å²) in [6, 6.07) is 26.6. The van der Waals surface area contributed by atoms with Gasteiger partial charge in [-0.15, -0.1) is 0 Å². The van der Waals surface area contributed by atoms with E-state index in [4.69, 9.17) is 9.47 Å². The molecule has 40 heavy (non-hydrogen) atoms. The molecule has 2 heterocycles. The molecular weight excluding hydrogens is 545 g/mol. The van der Waals surface area contributed by atoms with E-state index in [0.717, 1.165) is 11.1 Å². The second-order valence-electron chi connectivity index (χ2n) is 8.87. The van der Waals surface area contributed by atoms with E-state index < -0.39 is 21.4 Å². The molecule has 0 atom stereocenters. The largest absolute Gasteiger partial charge is 0.534 e. The van der Waals surface area contributed by atoms with Gasteiger partial charge in [-0.1, -0.05) is 60.7 Å². The summed E-state index contributed by atoms with van der Waals surface area (Å²) in [6.45, 7) is 0.546. The Kier molecular flexibility index (Phi) is 7.40. The quantitative estimate of drug-likeness (QED) is 0.147. The molecule has 0 saturated carbocycles. The van der Waals surface area contributed by atoms with Gasteiger partial charge in [-0.25, -0.2) is 0 Å². The molecule has 0 fully saturated rings. The number of pyridine rings is 1. The van der Waals surface area contributed by atoms with E-state index in [1.165, 1.54) is 18.2 Å². The lowest BCUT2D eigenvalue weighted by molar-refractivity contribution is -0.0500. The molecule has 11 heteroatoms. The number of benzene rings is 3. The summed E-state index contributed by atoms with van der Waals surface area (Å²) < 4.78 is 79.4. The van der Waals surface area contributed by atoms with Crippen LogP contribution in [0.3, 0.4) is 0 Å². The Morgan fingerprint density at radius 1 is 0.800 bits per heavy atom. The minimum absolute atomic E-state index is 0.237. The van der Waals surface area contributed by atoms with Gasteiger partial charge in [0.25, 0.3) is 0 Å². The van der Waals surface area contributed by atoms with Crippen LogP contribution < -0.4 is 13.7 Å². The number of fused-ring (bicyclic) bond motifs is 1. The maximum absolute atomic E-state index is 12.8. The van der Waals surface area contributed by atoms with Crippen LogP contribution in [0, 0.1) is 0 Å². The van der Waals surface area contributed by atoms with Gasteiger partial charge in [0.15, 0.2) is 0 Å². The molecular formula is C29H23F3N2O5S. The van der Waals surface area contributed by atoms with Crippen molar-refractivity contribution in [1.82, 2.24) is 9.55 Å². The highest BCUT2D eigenvalue weighted by atomic mass is 32.2. The number of hydrogen-bond donors (Lipinski definition) is 0. The van der Waals surface area contributed by atoms with E-state index >= 15 is 0 Å². The van der Waals surface area contributed by atoms with Gasteiger partial charge in [0, 0.05) is 41.9 Å². The molecule has 0 unspecified atom stereocenters. The molecule has 0 aliphatic carbocycles. The molecule has 206 valence electrons. The van der Waals surface area contributed by atoms with Crippen LogP contribution in [0.2, 0.25) is 0 Å². The minimum atomic E-state index is -5.80. The van der Waals surface area contributed by atoms with Crippen molar-refractivity contribution in [3.05, 3.63) is 108 Å². The van der Waals surface area contributed by atoms with E-state index in [2.05, 4.69) is 9.17 Å². The maximum atomic E-state index is 12.8. The zero-order valence-electron chi connectivity index (χ0n) is 21.1. The van der Waals surface area contributed by atoms with Gasteiger partial charge in [-0.3, -0.25) is 0 Å². The average Bonchev–Trinajstić information content (AvgIpc) is 3.26. The molecule has 3 aromatic carbocycles. The summed E-state index contributed by atoms with van der Waals surface area (Å²) >= 11 is 0. The van der Waals surface area contributed by atoms with Crippen molar-refractivity contribution in [2.24, 2.45) is 7.05 Å². The number of alkyl halides is 3. The second kappa shape index (κ2) is 10.9. The smallest absolute Gasteiger partial charge is 0.473 e. The molecule has 5 aromatic rings. The van der Waals surface area contributed by atoms with Crippen molar-refractivity contribution >= 4 is 21.0 Å². The average molecular weight is 569 g/mol. The maximum Gasteiger partial charge on any atom is 0.534 e. The third-order valence-electron chi connectivity index (χ3n) is 6.02. The molecule has 0 amide bonds. The van der Waals surface area contributed by atoms with E-state index in [-0.39, 0.29) is 6.61 Å². The van der Waals surface area contributed by atoms with Gasteiger partial charge in [-0.2, -0.15) is 26.6 Å². The summed E-state index contributed by atoms with van der Waals surface area (Å²) in [6.07, 6.45) is 1.75. The van der Waals surface area contributed by atoms with Crippen LogP contribution in [0.5, 0.6) is 17.5 Å². The molecule has 0 aliphatic heterocycles. The fourth-order valence-electron chi connectivity index (χ4n) is 4.08. The van der Waals surface area contributed by atoms with E-state index in [1.54, 1.807) is 29.9 Å². The Bertz CT molecular complexity index is 1740. The van der Waals surface area contributed by atoms with Crippen LogP contribution in [0.15, 0.2) is 97.2 Å². The molecule has 0 saturated heterocycles. The summed E-state index contributed by atoms with van der Waals surface area (Å²) in [5.74, 6) is 0.187. The van der Waals surface area contributed by atoms with Crippen LogP contribution in [0.4, 0.5) is 13.2 Å². The monoisotopic (exact) mass is 568 g/mol. The Morgan fingerprint density at radius 2 is 1.43 bits per heavy atom. The van der Waals surface area contributed by atoms with E-state index in [0.29, 0.717) is 40.4 Å². The van der Waals surface area contributed by atoms with Crippen molar-refractivity contribution in [2.45, 2.75) is 18.7 Å². The van der Waals surface area contributed by atoms with Crippen LogP contribution in [-0.4, -0.2) is 23.5 Å². The third kappa shape index (κ3) is 5.89. The summed E-state index contributed by atoms with van der Waals surface area (Å²) in [7, 11) is -4.12. The Labute approximate surface area is 228 Å². The summed E-state index contributed by atoms with van der Waals surface area (Å²) in [5, 5.41) is 0.628. The Balaban J connectivity index is 1.50. The summed E-state index contributed by atoms with van der Waals surface area (Å²) in [4.78, 5) is 4.61. The number of aromatic nitrogens is 2. The van der Waals surface area contributed by atoms with E-state index in [1.807, 2.05) is 60.7 Å². The van der Waals surface area contributed by atoms with Crippen molar-refractivity contribution in [1.29, 1.82) is 0 Å². The molecule has 0 bridgehead atoms. The standard InChI is InChI=1S/C29H23F3N2O5S/c1-34-17-25(23-13-12-22(16-26(23)34)39-40(35,36)29(30,31)32)24-14-15-27(37-18-20-8-4-2-5-9-20)33-28(24)38-19-21-10-6-3-7-11-21/h2-17H,18-19H2,1H3. The fourth-order valence-corrected chi connectivity index (χ4v) is 4.53. The number of rotatable bonds is 9. The lowest BCUT2D eigenvalue weighted by Gasteiger charge is -2.13. The first kappa shape index (κ1) is 27.1. The van der Waals surface area contributed by atoms with Gasteiger partial charge in [-0.05, 0) is 29.3 Å². The normalized spacial score (nSPS) is 11.9. The zero-order chi connectivity index (χ0) is 28.3. The SMILES string of the molecule is Cn1cc(-c2ccc(OCc3ccccc3)nc2OCc2ccccc2)c2ccc(OS(=O)(=O)C(F)(F)F)cc21. The Morgan fingerprint density at radius 3 is 2.05 bits per heavy atom. The van der Waals surface area contributed by atoms with Crippen LogP contribution >= 0.6 is 0 Å². The lowest BCUT2D eigenvalue weighted by Crippen LogP contribution is -2.28. The predicted molar refractivity (Wildman–Crippen MR) is 143 cm³/mol. The van der Waals surface area contributed by atoms with Gasteiger partial charge in [0.1, 0.15) is 19.0 Å². The van der Waals surface area contributed by atoms with Gasteiger partial charge in [0.05, 0.1) is 5.52 Å². The van der Waals surface area contributed by atoms with Gasteiger partial charge in [0.2, 0.25) is 11.8 Å². The Hall–Kier alpha value is -4.51. The van der Waals surface area contributed by atoms with Crippen LogP contribution in [0.1, 0.15) is 11.1 Å². The number of aryl methyl sites for hydroxylation is 1. The van der Waals surface area contributed by atoms with Crippen LogP contribution in [-0.2, 0) is 30.4 Å². The van der Waals surface area contributed by atoms with Crippen molar-refractivity contribution < 1.29 is 35.2 Å². The van der Waals surface area contributed by atoms with Crippen molar-refractivity contribution in [3.63, 3.8) is 0 Å². The first-order valence-corrected chi connectivity index (χ1v) is 13.5. The number of hydrogen-bond acceptors (Lipinski definition) is 6. The molecule has 0 spiro atoms. The number of halogens is 3. The zero-order valence-corrected chi connectivity index (χ0v) is 21.9. The van der Waals surface area contributed by atoms with Gasteiger partial charge >= 0.3 is 15.6 Å². The van der Waals surface area contributed by atoms with E-state index in [9.17, 15) is 21.6 Å². The van der Waals surface area contributed by atoms with Crippen molar-refractivity contribution in [3.8, 4) is 28.6 Å². The molecule has 0 aliphatic rings. The predicted octanol–water partition coefficient (Wildman–Crippen LogP) is 6.63. The molecule has 7 nitrogen and oxygen atoms in total. The highest BCUT2D eigenvalue weighted by molar-refractivity contribution is 7.88. The third-order valence-corrected chi connectivity index (χ3v) is 7.00. The minimum Gasteiger partial charge on any atom is -0.473 e. The highest BCUT2D eigenvalue weighted by Gasteiger charge is 2.48. The molecule has 5 rings (SSSR count). The van der Waals surface area contributed by atoms with Gasteiger partial charge < -0.3 is 18.2 Å². The molecule has 0 radical (unpaired) electrons. The van der Waals surface area contributed by atoms with Crippen LogP contribution in [0.25, 0.3) is 22.0 Å². The topological polar surface area (TPSA) is 79.7 Å². The lowest BCUT2D eigenvalue weighted by atomic mass is 10.1. The highest BCUT2D eigenvalue weighted by Crippen LogP contribution is 2.38. The van der Waals surface area contributed by atoms with Crippen molar-refractivity contribution in [2.75, 3.05) is 0 Å². The second-order valence-corrected chi connectivity index (χ2v) is 10.4. The first-order chi connectivity index (χ1) is 19.1.